The maximum absolute atomic E-state index is 6.06. The SMILES string of the molecule is CC1=CCCC2(COC(CCCCC3OCC4(CCC=C(C)O4)O3)O2)O1. The molecule has 26 heavy (non-hydrogen) atoms. The van der Waals surface area contributed by atoms with Crippen LogP contribution in [0.15, 0.2) is 23.7 Å². The number of hydrogen-bond donors (Lipinski definition) is 0. The van der Waals surface area contributed by atoms with Crippen LogP contribution in [-0.2, 0) is 28.4 Å². The predicted octanol–water partition coefficient (Wildman–Crippen LogP) is 4.11. The summed E-state index contributed by atoms with van der Waals surface area (Å²) in [6.45, 7) is 4.98. The molecular formula is C20H30O6. The zero-order chi connectivity index (χ0) is 18.0. The number of hydrogen-bond acceptors (Lipinski definition) is 6. The number of rotatable bonds is 5. The van der Waals surface area contributed by atoms with Gasteiger partial charge in [-0.1, -0.05) is 0 Å². The molecule has 0 aromatic rings. The van der Waals surface area contributed by atoms with Gasteiger partial charge >= 0.3 is 0 Å². The summed E-state index contributed by atoms with van der Waals surface area (Å²) >= 11 is 0. The van der Waals surface area contributed by atoms with Crippen molar-refractivity contribution in [2.24, 2.45) is 0 Å². The Labute approximate surface area is 155 Å². The topological polar surface area (TPSA) is 55.4 Å². The minimum Gasteiger partial charge on any atom is -0.465 e. The lowest BCUT2D eigenvalue weighted by molar-refractivity contribution is -0.215. The lowest BCUT2D eigenvalue weighted by atomic mass is 10.1. The van der Waals surface area contributed by atoms with Crippen molar-refractivity contribution in [3.63, 3.8) is 0 Å². The van der Waals surface area contributed by atoms with Crippen molar-refractivity contribution < 1.29 is 28.4 Å². The van der Waals surface area contributed by atoms with Crippen LogP contribution in [0, 0.1) is 0 Å². The maximum atomic E-state index is 6.06. The molecule has 0 amide bonds. The van der Waals surface area contributed by atoms with Gasteiger partial charge in [0.15, 0.2) is 12.6 Å². The molecule has 4 unspecified atom stereocenters. The van der Waals surface area contributed by atoms with E-state index in [-0.39, 0.29) is 12.6 Å². The quantitative estimate of drug-likeness (QED) is 0.683. The fraction of sp³-hybridized carbons (Fsp3) is 0.800. The van der Waals surface area contributed by atoms with Gasteiger partial charge in [0.1, 0.15) is 13.2 Å². The molecule has 2 spiro atoms. The minimum absolute atomic E-state index is 0.174. The van der Waals surface area contributed by atoms with E-state index in [2.05, 4.69) is 12.2 Å². The molecule has 0 aliphatic carbocycles. The summed E-state index contributed by atoms with van der Waals surface area (Å²) in [5.74, 6) is 0.745. The van der Waals surface area contributed by atoms with Crippen LogP contribution in [0.4, 0.5) is 0 Å². The molecule has 0 radical (unpaired) electrons. The Morgan fingerprint density at radius 1 is 0.808 bits per heavy atom. The summed E-state index contributed by atoms with van der Waals surface area (Å²) in [7, 11) is 0. The zero-order valence-corrected chi connectivity index (χ0v) is 15.8. The molecule has 2 saturated heterocycles. The smallest absolute Gasteiger partial charge is 0.236 e. The first kappa shape index (κ1) is 18.3. The molecule has 2 fully saturated rings. The zero-order valence-electron chi connectivity index (χ0n) is 15.8. The monoisotopic (exact) mass is 366 g/mol. The summed E-state index contributed by atoms with van der Waals surface area (Å²) in [6, 6.07) is 0. The lowest BCUT2D eigenvalue weighted by Gasteiger charge is -2.31. The van der Waals surface area contributed by atoms with E-state index >= 15 is 0 Å². The van der Waals surface area contributed by atoms with Gasteiger partial charge in [-0.3, -0.25) is 0 Å². The molecule has 4 aliphatic rings. The Hall–Kier alpha value is -1.08. The third-order valence-corrected chi connectivity index (χ3v) is 5.41. The van der Waals surface area contributed by atoms with Gasteiger partial charge in [-0.25, -0.2) is 0 Å². The van der Waals surface area contributed by atoms with Crippen molar-refractivity contribution in [1.82, 2.24) is 0 Å². The Morgan fingerprint density at radius 3 is 1.69 bits per heavy atom. The Morgan fingerprint density at radius 2 is 1.27 bits per heavy atom. The fourth-order valence-electron chi connectivity index (χ4n) is 4.09. The van der Waals surface area contributed by atoms with E-state index in [4.69, 9.17) is 28.4 Å². The van der Waals surface area contributed by atoms with Gasteiger partial charge in [-0.05, 0) is 64.5 Å². The molecule has 4 atom stereocenters. The molecule has 4 aliphatic heterocycles. The van der Waals surface area contributed by atoms with Crippen LogP contribution in [0.2, 0.25) is 0 Å². The second-order valence-corrected chi connectivity index (χ2v) is 7.73. The van der Waals surface area contributed by atoms with E-state index in [0.29, 0.717) is 13.2 Å². The first-order valence-electron chi connectivity index (χ1n) is 9.87. The van der Waals surface area contributed by atoms with Crippen molar-refractivity contribution in [2.45, 2.75) is 89.4 Å². The predicted molar refractivity (Wildman–Crippen MR) is 93.7 cm³/mol. The van der Waals surface area contributed by atoms with E-state index in [0.717, 1.165) is 62.9 Å². The van der Waals surface area contributed by atoms with Crippen LogP contribution < -0.4 is 0 Å². The van der Waals surface area contributed by atoms with Gasteiger partial charge in [-0.2, -0.15) is 0 Å². The van der Waals surface area contributed by atoms with Crippen molar-refractivity contribution in [1.29, 1.82) is 0 Å². The number of allylic oxidation sites excluding steroid dienone is 4. The van der Waals surface area contributed by atoms with Gasteiger partial charge < -0.3 is 28.4 Å². The molecule has 4 rings (SSSR count). The molecule has 0 N–H and O–H groups in total. The second kappa shape index (κ2) is 7.50. The molecule has 4 heterocycles. The van der Waals surface area contributed by atoms with E-state index in [1.54, 1.807) is 0 Å². The highest BCUT2D eigenvalue weighted by molar-refractivity contribution is 4.99. The Kier molecular flexibility index (Phi) is 5.28. The first-order chi connectivity index (χ1) is 12.6. The van der Waals surface area contributed by atoms with Crippen molar-refractivity contribution in [2.75, 3.05) is 13.2 Å². The van der Waals surface area contributed by atoms with E-state index in [9.17, 15) is 0 Å². The summed E-state index contributed by atoms with van der Waals surface area (Å²) in [5.41, 5.74) is 0. The number of ether oxygens (including phenoxy) is 6. The standard InChI is InChI=1S/C20H30O6/c1-15-7-5-11-19(23-15)13-21-17(25-19)9-3-4-10-18-22-14-20(26-18)12-6-8-16(2)24-20/h7-8,17-18H,3-6,9-14H2,1-2H3. The van der Waals surface area contributed by atoms with Gasteiger partial charge in [0.25, 0.3) is 0 Å². The van der Waals surface area contributed by atoms with Gasteiger partial charge in [-0.15, -0.1) is 0 Å². The summed E-state index contributed by atoms with van der Waals surface area (Å²) in [5, 5.41) is 0. The minimum atomic E-state index is -0.558. The Bertz CT molecular complexity index is 523. The lowest BCUT2D eigenvalue weighted by Crippen LogP contribution is -2.37. The highest BCUT2D eigenvalue weighted by Crippen LogP contribution is 2.38. The maximum Gasteiger partial charge on any atom is 0.236 e. The van der Waals surface area contributed by atoms with Gasteiger partial charge in [0, 0.05) is 12.8 Å². The second-order valence-electron chi connectivity index (χ2n) is 7.73. The van der Waals surface area contributed by atoms with Gasteiger partial charge in [0.05, 0.1) is 11.5 Å². The molecule has 0 saturated carbocycles. The number of unbranched alkanes of at least 4 members (excludes halogenated alkanes) is 1. The van der Waals surface area contributed by atoms with Crippen molar-refractivity contribution >= 4 is 0 Å². The van der Waals surface area contributed by atoms with E-state index in [1.807, 2.05) is 13.8 Å². The van der Waals surface area contributed by atoms with Crippen LogP contribution in [0.3, 0.4) is 0 Å². The summed E-state index contributed by atoms with van der Waals surface area (Å²) < 4.78 is 35.5. The van der Waals surface area contributed by atoms with E-state index < -0.39 is 11.6 Å². The van der Waals surface area contributed by atoms with Crippen LogP contribution in [0.1, 0.15) is 65.2 Å². The normalized spacial score (nSPS) is 39.6. The highest BCUT2D eigenvalue weighted by Gasteiger charge is 2.45. The van der Waals surface area contributed by atoms with Crippen LogP contribution >= 0.6 is 0 Å². The summed E-state index contributed by atoms with van der Waals surface area (Å²) in [6.07, 6.45) is 11.3. The molecule has 0 aromatic heterocycles. The largest absolute Gasteiger partial charge is 0.465 e. The average molecular weight is 366 g/mol. The van der Waals surface area contributed by atoms with Gasteiger partial charge in [0.2, 0.25) is 11.6 Å². The first-order valence-corrected chi connectivity index (χ1v) is 9.87. The van der Waals surface area contributed by atoms with Crippen LogP contribution in [-0.4, -0.2) is 37.4 Å². The molecule has 0 aromatic carbocycles. The molecule has 146 valence electrons. The average Bonchev–Trinajstić information content (AvgIpc) is 3.16. The molecule has 6 heteroatoms. The third-order valence-electron chi connectivity index (χ3n) is 5.41. The van der Waals surface area contributed by atoms with Crippen molar-refractivity contribution in [3.05, 3.63) is 23.7 Å². The Balaban J connectivity index is 1.15. The molecule has 6 nitrogen and oxygen atoms in total. The molecular weight excluding hydrogens is 336 g/mol. The van der Waals surface area contributed by atoms with Crippen LogP contribution in [0.5, 0.6) is 0 Å². The van der Waals surface area contributed by atoms with Crippen molar-refractivity contribution in [3.8, 4) is 0 Å². The van der Waals surface area contributed by atoms with Crippen LogP contribution in [0.25, 0.3) is 0 Å². The molecule has 0 bridgehead atoms. The highest BCUT2D eigenvalue weighted by atomic mass is 16.8. The summed E-state index contributed by atoms with van der Waals surface area (Å²) in [4.78, 5) is 0. The fourth-order valence-corrected chi connectivity index (χ4v) is 4.09. The third kappa shape index (κ3) is 4.09. The van der Waals surface area contributed by atoms with E-state index in [1.165, 1.54) is 0 Å².